The summed E-state index contributed by atoms with van der Waals surface area (Å²) >= 11 is 0. The molecule has 168 valence electrons. The first-order chi connectivity index (χ1) is 15.5. The van der Waals surface area contributed by atoms with Gasteiger partial charge in [0.1, 0.15) is 17.2 Å². The number of methoxy groups -OCH3 is 2. The zero-order valence-electron chi connectivity index (χ0n) is 18.8. The monoisotopic (exact) mass is 437 g/mol. The number of amides is 1. The number of fused-ring (bicyclic) bond motifs is 1. The average Bonchev–Trinajstić information content (AvgIpc) is 3.04. The summed E-state index contributed by atoms with van der Waals surface area (Å²) in [6.45, 7) is 1.59. The van der Waals surface area contributed by atoms with Crippen LogP contribution in [0.25, 0.3) is 11.3 Å². The minimum absolute atomic E-state index is 0.141. The fraction of sp³-hybridized carbons (Fsp3) is 0.333. The second kappa shape index (κ2) is 9.21. The number of hydrogen-bond acceptors (Lipinski definition) is 6. The lowest BCUT2D eigenvalue weighted by atomic mass is 10.1. The molecule has 1 aliphatic rings. The predicted octanol–water partition coefficient (Wildman–Crippen LogP) is 3.54. The highest BCUT2D eigenvalue weighted by molar-refractivity contribution is 5.99. The van der Waals surface area contributed by atoms with Crippen molar-refractivity contribution in [3.8, 4) is 34.3 Å². The van der Waals surface area contributed by atoms with Crippen molar-refractivity contribution in [1.29, 1.82) is 0 Å². The van der Waals surface area contributed by atoms with Crippen LogP contribution in [-0.4, -0.2) is 55.1 Å². The highest BCUT2D eigenvalue weighted by Crippen LogP contribution is 2.35. The number of aromatic nitrogens is 2. The third-order valence-corrected chi connectivity index (χ3v) is 5.33. The van der Waals surface area contributed by atoms with Crippen LogP contribution in [-0.2, 0) is 13.6 Å². The van der Waals surface area contributed by atoms with Crippen LogP contribution in [0.4, 0.5) is 0 Å². The van der Waals surface area contributed by atoms with Crippen LogP contribution in [0.15, 0.2) is 42.6 Å². The molecule has 3 aromatic rings. The molecule has 1 aromatic heterocycles. The summed E-state index contributed by atoms with van der Waals surface area (Å²) in [5, 5.41) is 4.55. The van der Waals surface area contributed by atoms with Gasteiger partial charge < -0.3 is 23.8 Å². The summed E-state index contributed by atoms with van der Waals surface area (Å²) in [6.07, 6.45) is 2.57. The van der Waals surface area contributed by atoms with Crippen molar-refractivity contribution in [3.05, 3.63) is 53.7 Å². The summed E-state index contributed by atoms with van der Waals surface area (Å²) in [7, 11) is 6.77. The Hall–Kier alpha value is -3.68. The van der Waals surface area contributed by atoms with Gasteiger partial charge in [-0.2, -0.15) is 5.10 Å². The lowest BCUT2D eigenvalue weighted by Crippen LogP contribution is -2.26. The number of benzene rings is 2. The normalized spacial score (nSPS) is 12.8. The largest absolute Gasteiger partial charge is 0.497 e. The first-order valence-electron chi connectivity index (χ1n) is 10.4. The predicted molar refractivity (Wildman–Crippen MR) is 120 cm³/mol. The SMILES string of the molecule is COc1ccc(CN(C)C(=O)c2cn(C)nc2-c2ccc3c(c2)OCCCO3)c(OC)c1. The fourth-order valence-corrected chi connectivity index (χ4v) is 3.68. The Morgan fingerprint density at radius 1 is 1.09 bits per heavy atom. The molecule has 0 N–H and O–H groups in total. The highest BCUT2D eigenvalue weighted by atomic mass is 16.5. The van der Waals surface area contributed by atoms with E-state index >= 15 is 0 Å². The molecule has 0 atom stereocenters. The van der Waals surface area contributed by atoms with E-state index in [2.05, 4.69) is 5.10 Å². The van der Waals surface area contributed by atoms with Crippen molar-refractivity contribution < 1.29 is 23.7 Å². The minimum Gasteiger partial charge on any atom is -0.497 e. The third kappa shape index (κ3) is 4.34. The molecule has 8 heteroatoms. The van der Waals surface area contributed by atoms with Crippen molar-refractivity contribution in [1.82, 2.24) is 14.7 Å². The molecule has 0 spiro atoms. The topological polar surface area (TPSA) is 75.1 Å². The van der Waals surface area contributed by atoms with Gasteiger partial charge in [-0.1, -0.05) is 0 Å². The van der Waals surface area contributed by atoms with Crippen molar-refractivity contribution in [2.24, 2.45) is 7.05 Å². The van der Waals surface area contributed by atoms with Gasteiger partial charge in [-0.3, -0.25) is 9.48 Å². The van der Waals surface area contributed by atoms with Gasteiger partial charge in [0.25, 0.3) is 5.91 Å². The summed E-state index contributed by atoms with van der Waals surface area (Å²) in [5.41, 5.74) is 2.79. The Kier molecular flexibility index (Phi) is 6.20. The van der Waals surface area contributed by atoms with E-state index in [9.17, 15) is 4.79 Å². The molecule has 32 heavy (non-hydrogen) atoms. The standard InChI is InChI=1S/C24H27N3O5/c1-26(14-17-6-8-18(29-3)13-21(17)30-4)24(28)19-15-27(2)25-23(19)16-7-9-20-22(12-16)32-11-5-10-31-20/h6-9,12-13,15H,5,10-11,14H2,1-4H3. The molecule has 4 rings (SSSR count). The van der Waals surface area contributed by atoms with E-state index in [1.54, 1.807) is 50.2 Å². The maximum absolute atomic E-state index is 13.4. The minimum atomic E-state index is -0.141. The van der Waals surface area contributed by atoms with Crippen LogP contribution >= 0.6 is 0 Å². The van der Waals surface area contributed by atoms with Gasteiger partial charge >= 0.3 is 0 Å². The maximum Gasteiger partial charge on any atom is 0.257 e. The number of carbonyl (C=O) groups is 1. The molecular weight excluding hydrogens is 410 g/mol. The number of aryl methyl sites for hydroxylation is 1. The Morgan fingerprint density at radius 2 is 1.88 bits per heavy atom. The molecular formula is C24H27N3O5. The van der Waals surface area contributed by atoms with E-state index in [1.807, 2.05) is 30.3 Å². The zero-order chi connectivity index (χ0) is 22.7. The number of hydrogen-bond donors (Lipinski definition) is 0. The number of nitrogens with zero attached hydrogens (tertiary/aromatic N) is 3. The summed E-state index contributed by atoms with van der Waals surface area (Å²) in [6, 6.07) is 11.2. The average molecular weight is 437 g/mol. The van der Waals surface area contributed by atoms with Gasteiger partial charge in [-0.05, 0) is 30.3 Å². The van der Waals surface area contributed by atoms with Crippen molar-refractivity contribution >= 4 is 5.91 Å². The molecule has 0 fully saturated rings. The first kappa shape index (κ1) is 21.5. The Labute approximate surface area is 187 Å². The number of rotatable bonds is 6. The molecule has 0 radical (unpaired) electrons. The lowest BCUT2D eigenvalue weighted by molar-refractivity contribution is 0.0785. The zero-order valence-corrected chi connectivity index (χ0v) is 18.8. The van der Waals surface area contributed by atoms with Gasteiger partial charge in [0, 0.05) is 50.5 Å². The summed E-state index contributed by atoms with van der Waals surface area (Å²) in [4.78, 5) is 15.0. The fourth-order valence-electron chi connectivity index (χ4n) is 3.68. The maximum atomic E-state index is 13.4. The van der Waals surface area contributed by atoms with Gasteiger partial charge in [-0.25, -0.2) is 0 Å². The highest BCUT2D eigenvalue weighted by Gasteiger charge is 2.23. The molecule has 0 saturated heterocycles. The van der Waals surface area contributed by atoms with E-state index in [0.29, 0.717) is 54.0 Å². The van der Waals surface area contributed by atoms with E-state index in [1.165, 1.54) is 0 Å². The second-order valence-electron chi connectivity index (χ2n) is 7.62. The number of ether oxygens (including phenoxy) is 4. The molecule has 0 bridgehead atoms. The van der Waals surface area contributed by atoms with Gasteiger partial charge in [0.15, 0.2) is 11.5 Å². The van der Waals surface area contributed by atoms with Crippen LogP contribution in [0, 0.1) is 0 Å². The van der Waals surface area contributed by atoms with Gasteiger partial charge in [-0.15, -0.1) is 0 Å². The van der Waals surface area contributed by atoms with Crippen LogP contribution < -0.4 is 18.9 Å². The summed E-state index contributed by atoms with van der Waals surface area (Å²) < 4.78 is 23.9. The molecule has 1 amide bonds. The van der Waals surface area contributed by atoms with Crippen LogP contribution in [0.2, 0.25) is 0 Å². The quantitative estimate of drug-likeness (QED) is 0.587. The Bertz CT molecular complexity index is 1120. The molecule has 0 unspecified atom stereocenters. The van der Waals surface area contributed by atoms with Crippen LogP contribution in [0.3, 0.4) is 0 Å². The molecule has 8 nitrogen and oxygen atoms in total. The van der Waals surface area contributed by atoms with E-state index in [0.717, 1.165) is 17.5 Å². The first-order valence-corrected chi connectivity index (χ1v) is 10.4. The third-order valence-electron chi connectivity index (χ3n) is 5.33. The van der Waals surface area contributed by atoms with Crippen molar-refractivity contribution in [2.45, 2.75) is 13.0 Å². The molecule has 0 aliphatic carbocycles. The molecule has 2 heterocycles. The smallest absolute Gasteiger partial charge is 0.257 e. The summed E-state index contributed by atoms with van der Waals surface area (Å²) in [5.74, 6) is 2.60. The van der Waals surface area contributed by atoms with Crippen molar-refractivity contribution in [3.63, 3.8) is 0 Å². The number of carbonyl (C=O) groups excluding carboxylic acids is 1. The van der Waals surface area contributed by atoms with Gasteiger partial charge in [0.2, 0.25) is 0 Å². The second-order valence-corrected chi connectivity index (χ2v) is 7.62. The van der Waals surface area contributed by atoms with E-state index in [-0.39, 0.29) is 5.91 Å². The lowest BCUT2D eigenvalue weighted by Gasteiger charge is -2.19. The van der Waals surface area contributed by atoms with Crippen molar-refractivity contribution in [2.75, 3.05) is 34.5 Å². The molecule has 1 aliphatic heterocycles. The van der Waals surface area contributed by atoms with Crippen LogP contribution in [0.5, 0.6) is 23.0 Å². The Balaban J connectivity index is 1.61. The van der Waals surface area contributed by atoms with E-state index < -0.39 is 0 Å². The molecule has 0 saturated carbocycles. The van der Waals surface area contributed by atoms with Crippen LogP contribution in [0.1, 0.15) is 22.3 Å². The van der Waals surface area contributed by atoms with E-state index in [4.69, 9.17) is 18.9 Å². The van der Waals surface area contributed by atoms with Gasteiger partial charge in [0.05, 0.1) is 33.0 Å². The molecule has 2 aromatic carbocycles. The Morgan fingerprint density at radius 3 is 2.62 bits per heavy atom.